The summed E-state index contributed by atoms with van der Waals surface area (Å²) < 4.78 is 11.1. The number of benzene rings is 1. The average molecular weight is 280 g/mol. The Labute approximate surface area is 113 Å². The van der Waals surface area contributed by atoms with Crippen LogP contribution in [-0.4, -0.2) is 29.7 Å². The van der Waals surface area contributed by atoms with Crippen molar-refractivity contribution in [3.05, 3.63) is 22.8 Å². The lowest BCUT2D eigenvalue weighted by molar-refractivity contribution is 0.111. The van der Waals surface area contributed by atoms with Gasteiger partial charge >= 0.3 is 0 Å². The van der Waals surface area contributed by atoms with Gasteiger partial charge in [-0.1, -0.05) is 11.6 Å². The second-order valence-electron chi connectivity index (χ2n) is 3.99. The first kappa shape index (κ1) is 11.9. The number of aromatic nitrogens is 2. The maximum Gasteiger partial charge on any atom is 0.174 e. The average Bonchev–Trinajstić information content (AvgIpc) is 2.84. The number of nitrogens with two attached hydrogens (primary N) is 1. The van der Waals surface area contributed by atoms with E-state index in [9.17, 15) is 4.79 Å². The van der Waals surface area contributed by atoms with Crippen LogP contribution < -0.4 is 15.2 Å². The molecule has 19 heavy (non-hydrogen) atoms. The molecule has 0 spiro atoms. The molecule has 6 nitrogen and oxygen atoms in total. The third kappa shape index (κ3) is 1.80. The summed E-state index contributed by atoms with van der Waals surface area (Å²) in [6.07, 6.45) is 2.22. The van der Waals surface area contributed by atoms with E-state index < -0.39 is 0 Å². The molecule has 1 aromatic carbocycles. The minimum Gasteiger partial charge on any atom is -0.485 e. The second kappa shape index (κ2) is 4.47. The Hall–Kier alpha value is -2.21. The molecule has 3 rings (SSSR count). The van der Waals surface area contributed by atoms with Gasteiger partial charge in [-0.3, -0.25) is 9.89 Å². The van der Waals surface area contributed by atoms with Gasteiger partial charge in [0, 0.05) is 11.1 Å². The number of aldehydes is 1. The van der Waals surface area contributed by atoms with E-state index in [4.69, 9.17) is 26.8 Å². The number of nitrogen functional groups attached to an aromatic ring is 1. The van der Waals surface area contributed by atoms with E-state index in [-0.39, 0.29) is 10.6 Å². The molecule has 0 aliphatic carbocycles. The third-order valence-corrected chi connectivity index (χ3v) is 3.19. The Balaban J connectivity index is 2.29. The zero-order valence-corrected chi connectivity index (χ0v) is 10.5. The largest absolute Gasteiger partial charge is 0.485 e. The number of hydrogen-bond donors (Lipinski definition) is 2. The number of rotatable bonds is 2. The fourth-order valence-electron chi connectivity index (χ4n) is 2.02. The van der Waals surface area contributed by atoms with Crippen LogP contribution in [0.25, 0.3) is 11.1 Å². The third-order valence-electron chi connectivity index (χ3n) is 2.88. The van der Waals surface area contributed by atoms with E-state index in [0.29, 0.717) is 47.9 Å². The molecule has 98 valence electrons. The van der Waals surface area contributed by atoms with Crippen LogP contribution in [0.15, 0.2) is 12.3 Å². The Kier molecular flexibility index (Phi) is 2.79. The van der Waals surface area contributed by atoms with Crippen LogP contribution in [0.2, 0.25) is 5.02 Å². The molecule has 0 saturated carbocycles. The van der Waals surface area contributed by atoms with Crippen molar-refractivity contribution in [2.45, 2.75) is 0 Å². The van der Waals surface area contributed by atoms with E-state index in [1.54, 1.807) is 12.3 Å². The summed E-state index contributed by atoms with van der Waals surface area (Å²) in [7, 11) is 0. The van der Waals surface area contributed by atoms with Gasteiger partial charge in [0.05, 0.1) is 16.8 Å². The van der Waals surface area contributed by atoms with E-state index in [0.717, 1.165) is 0 Å². The molecular weight excluding hydrogens is 270 g/mol. The molecule has 0 amide bonds. The normalized spacial score (nSPS) is 13.3. The number of H-pyrrole nitrogens is 1. The number of anilines is 1. The summed E-state index contributed by atoms with van der Waals surface area (Å²) in [5.41, 5.74) is 7.38. The van der Waals surface area contributed by atoms with Crippen molar-refractivity contribution in [1.29, 1.82) is 0 Å². The van der Waals surface area contributed by atoms with E-state index in [1.165, 1.54) is 0 Å². The second-order valence-corrected chi connectivity index (χ2v) is 4.40. The number of halogens is 1. The van der Waals surface area contributed by atoms with Crippen LogP contribution in [0, 0.1) is 0 Å². The molecule has 0 atom stereocenters. The van der Waals surface area contributed by atoms with Crippen LogP contribution >= 0.6 is 11.6 Å². The molecule has 1 aliphatic rings. The summed E-state index contributed by atoms with van der Waals surface area (Å²) in [5, 5.41) is 6.79. The molecule has 2 aromatic rings. The predicted molar refractivity (Wildman–Crippen MR) is 69.8 cm³/mol. The Morgan fingerprint density at radius 1 is 1.32 bits per heavy atom. The Morgan fingerprint density at radius 2 is 2.05 bits per heavy atom. The van der Waals surface area contributed by atoms with Crippen molar-refractivity contribution in [3.63, 3.8) is 0 Å². The zero-order valence-electron chi connectivity index (χ0n) is 9.77. The van der Waals surface area contributed by atoms with Crippen molar-refractivity contribution in [3.8, 4) is 22.6 Å². The summed E-state index contributed by atoms with van der Waals surface area (Å²) in [5.74, 6) is 1.21. The summed E-state index contributed by atoms with van der Waals surface area (Å²) in [4.78, 5) is 11.1. The highest BCUT2D eigenvalue weighted by Crippen LogP contribution is 2.46. The summed E-state index contributed by atoms with van der Waals surface area (Å²) in [6, 6.07) is 1.63. The van der Waals surface area contributed by atoms with Crippen LogP contribution in [-0.2, 0) is 0 Å². The topological polar surface area (TPSA) is 90.2 Å². The molecule has 0 bridgehead atoms. The summed E-state index contributed by atoms with van der Waals surface area (Å²) in [6.45, 7) is 0.770. The molecule has 1 aromatic heterocycles. The van der Waals surface area contributed by atoms with Crippen LogP contribution in [0.1, 0.15) is 10.4 Å². The molecule has 0 unspecified atom stereocenters. The standard InChI is InChI=1S/C12H10ClN3O3/c13-9-3-6(7-4-15-16-12(7)14)10-11(8(9)5-17)19-2-1-18-10/h3-5H,1-2H2,(H3,14,15,16). The fourth-order valence-corrected chi connectivity index (χ4v) is 2.26. The van der Waals surface area contributed by atoms with Gasteiger partial charge in [0.1, 0.15) is 19.0 Å². The van der Waals surface area contributed by atoms with Crippen LogP contribution in [0.4, 0.5) is 5.82 Å². The molecule has 3 N–H and O–H groups in total. The van der Waals surface area contributed by atoms with E-state index in [2.05, 4.69) is 10.2 Å². The Morgan fingerprint density at radius 3 is 2.68 bits per heavy atom. The monoisotopic (exact) mass is 279 g/mol. The lowest BCUT2D eigenvalue weighted by Gasteiger charge is -2.23. The van der Waals surface area contributed by atoms with Gasteiger partial charge in [-0.2, -0.15) is 5.10 Å². The van der Waals surface area contributed by atoms with Gasteiger partial charge in [-0.15, -0.1) is 0 Å². The zero-order chi connectivity index (χ0) is 13.4. The number of carbonyl (C=O) groups is 1. The summed E-state index contributed by atoms with van der Waals surface area (Å²) >= 11 is 6.10. The molecule has 0 radical (unpaired) electrons. The first-order valence-electron chi connectivity index (χ1n) is 5.59. The smallest absolute Gasteiger partial charge is 0.174 e. The number of nitrogens with zero attached hydrogens (tertiary/aromatic N) is 1. The lowest BCUT2D eigenvalue weighted by Crippen LogP contribution is -2.17. The maximum absolute atomic E-state index is 11.1. The van der Waals surface area contributed by atoms with Crippen molar-refractivity contribution in [1.82, 2.24) is 10.2 Å². The van der Waals surface area contributed by atoms with Crippen LogP contribution in [0.3, 0.4) is 0 Å². The van der Waals surface area contributed by atoms with E-state index >= 15 is 0 Å². The van der Waals surface area contributed by atoms with Crippen molar-refractivity contribution in [2.75, 3.05) is 18.9 Å². The number of nitrogens with one attached hydrogen (secondary N) is 1. The van der Waals surface area contributed by atoms with E-state index in [1.807, 2.05) is 0 Å². The van der Waals surface area contributed by atoms with Gasteiger partial charge in [-0.25, -0.2) is 0 Å². The first-order valence-corrected chi connectivity index (χ1v) is 5.96. The molecule has 1 aliphatic heterocycles. The Bertz CT molecular complexity index is 654. The molecule has 7 heteroatoms. The highest BCUT2D eigenvalue weighted by molar-refractivity contribution is 6.33. The minimum atomic E-state index is 0.280. The van der Waals surface area contributed by atoms with Crippen molar-refractivity contribution < 1.29 is 14.3 Å². The predicted octanol–water partition coefficient (Wildman–Crippen LogP) is 1.90. The molecular formula is C12H10ClN3O3. The number of carbonyl (C=O) groups excluding carboxylic acids is 1. The molecule has 0 fully saturated rings. The molecule has 2 heterocycles. The van der Waals surface area contributed by atoms with Crippen molar-refractivity contribution in [2.24, 2.45) is 0 Å². The SMILES string of the molecule is Nc1[nH]ncc1-c1cc(Cl)c(C=O)c2c1OCCO2. The minimum absolute atomic E-state index is 0.280. The van der Waals surface area contributed by atoms with Gasteiger partial charge in [0.25, 0.3) is 0 Å². The quantitative estimate of drug-likeness (QED) is 0.819. The van der Waals surface area contributed by atoms with Crippen molar-refractivity contribution >= 4 is 23.7 Å². The van der Waals surface area contributed by atoms with Gasteiger partial charge in [0.2, 0.25) is 0 Å². The van der Waals surface area contributed by atoms with Crippen LogP contribution in [0.5, 0.6) is 11.5 Å². The maximum atomic E-state index is 11.1. The highest BCUT2D eigenvalue weighted by Gasteiger charge is 2.25. The number of aromatic amines is 1. The first-order chi connectivity index (χ1) is 9.22. The number of hydrogen-bond acceptors (Lipinski definition) is 5. The highest BCUT2D eigenvalue weighted by atomic mass is 35.5. The number of ether oxygens (including phenoxy) is 2. The van der Waals surface area contributed by atoms with Gasteiger partial charge < -0.3 is 15.2 Å². The fraction of sp³-hybridized carbons (Fsp3) is 0.167. The van der Waals surface area contributed by atoms with Gasteiger partial charge in [0.15, 0.2) is 17.8 Å². The number of fused-ring (bicyclic) bond motifs is 1. The van der Waals surface area contributed by atoms with Gasteiger partial charge in [-0.05, 0) is 6.07 Å². The lowest BCUT2D eigenvalue weighted by atomic mass is 10.0. The molecule has 0 saturated heterocycles.